The lowest BCUT2D eigenvalue weighted by atomic mass is 9.78. The van der Waals surface area contributed by atoms with Gasteiger partial charge in [0, 0.05) is 0 Å². The summed E-state index contributed by atoms with van der Waals surface area (Å²) in [6, 6.07) is 2.59. The quantitative estimate of drug-likeness (QED) is 0.662. The van der Waals surface area contributed by atoms with E-state index in [1.165, 1.54) is 12.1 Å². The first-order chi connectivity index (χ1) is 11.0. The molecule has 0 radical (unpaired) electrons. The van der Waals surface area contributed by atoms with Gasteiger partial charge in [-0.25, -0.2) is 4.39 Å². The molecule has 0 unspecified atom stereocenters. The minimum atomic E-state index is -1.45. The summed E-state index contributed by atoms with van der Waals surface area (Å²) in [6.07, 6.45) is 4.71. The first kappa shape index (κ1) is 18.0. The molecule has 23 heavy (non-hydrogen) atoms. The Morgan fingerprint density at radius 3 is 2.13 bits per heavy atom. The largest absolute Gasteiger partial charge is 0.491 e. The summed E-state index contributed by atoms with van der Waals surface area (Å²) in [5.74, 6) is -2.07. The Labute approximate surface area is 136 Å². The third-order valence-electron chi connectivity index (χ3n) is 4.50. The molecular weight excluding hydrogens is 305 g/mol. The van der Waals surface area contributed by atoms with Crippen molar-refractivity contribution in [3.05, 3.63) is 23.8 Å². The fraction of sp³-hybridized carbons (Fsp3) is 0.667. The van der Waals surface area contributed by atoms with Gasteiger partial charge in [0.2, 0.25) is 11.6 Å². The third-order valence-corrected chi connectivity index (χ3v) is 4.50. The Hall–Kier alpha value is -1.39. The number of hydrogen-bond donors (Lipinski definition) is 0. The van der Waals surface area contributed by atoms with Crippen LogP contribution in [-0.2, 0) is 0 Å². The molecule has 0 saturated heterocycles. The van der Waals surface area contributed by atoms with Crippen molar-refractivity contribution in [3.63, 3.8) is 0 Å². The average Bonchev–Trinajstić information content (AvgIpc) is 2.54. The second-order valence-electron chi connectivity index (χ2n) is 6.29. The lowest BCUT2D eigenvalue weighted by Gasteiger charge is -2.33. The summed E-state index contributed by atoms with van der Waals surface area (Å²) in [5, 5.41) is 0. The van der Waals surface area contributed by atoms with Gasteiger partial charge < -0.3 is 9.47 Å². The highest BCUT2D eigenvalue weighted by atomic mass is 19.2. The van der Waals surface area contributed by atoms with E-state index in [4.69, 9.17) is 9.47 Å². The Morgan fingerprint density at radius 2 is 1.61 bits per heavy atom. The fourth-order valence-electron chi connectivity index (χ4n) is 3.14. The van der Waals surface area contributed by atoms with Crippen LogP contribution in [0.2, 0.25) is 0 Å². The Balaban J connectivity index is 1.94. The summed E-state index contributed by atoms with van der Waals surface area (Å²) in [4.78, 5) is 0. The van der Waals surface area contributed by atoms with Crippen LogP contribution in [-0.4, -0.2) is 18.9 Å². The maximum atomic E-state index is 14.7. The summed E-state index contributed by atoms with van der Waals surface area (Å²) in [6.45, 7) is 3.81. The van der Waals surface area contributed by atoms with Crippen molar-refractivity contribution in [1.29, 1.82) is 0 Å². The highest BCUT2D eigenvalue weighted by Crippen LogP contribution is 2.38. The fourth-order valence-corrected chi connectivity index (χ4v) is 3.14. The number of halogens is 3. The van der Waals surface area contributed by atoms with E-state index in [1.54, 1.807) is 6.92 Å². The molecule has 1 saturated carbocycles. The molecule has 2 rings (SSSR count). The molecule has 1 aromatic rings. The van der Waals surface area contributed by atoms with Crippen LogP contribution in [0.15, 0.2) is 12.1 Å². The maximum absolute atomic E-state index is 14.7. The van der Waals surface area contributed by atoms with E-state index < -0.39 is 17.3 Å². The van der Waals surface area contributed by atoms with E-state index in [2.05, 4.69) is 6.92 Å². The molecule has 2 nitrogen and oxygen atoms in total. The Kier molecular flexibility index (Phi) is 6.19. The van der Waals surface area contributed by atoms with Gasteiger partial charge in [0.05, 0.1) is 6.61 Å². The zero-order chi connectivity index (χ0) is 16.9. The van der Waals surface area contributed by atoms with Crippen LogP contribution in [0.1, 0.15) is 52.4 Å². The molecule has 1 aromatic carbocycles. The van der Waals surface area contributed by atoms with E-state index in [9.17, 15) is 13.2 Å². The van der Waals surface area contributed by atoms with Crippen LogP contribution in [0.3, 0.4) is 0 Å². The second kappa shape index (κ2) is 7.93. The summed E-state index contributed by atoms with van der Waals surface area (Å²) < 4.78 is 52.7. The smallest absolute Gasteiger partial charge is 0.204 e. The molecule has 0 aliphatic heterocycles. The van der Waals surface area contributed by atoms with Crippen LogP contribution in [0.25, 0.3) is 0 Å². The molecular formula is C18H25F3O2. The SMILES string of the molecule is CCCC1CCC(F)(COc2ccc(OCC)c(F)c2F)CC1. The molecule has 0 N–H and O–H groups in total. The van der Waals surface area contributed by atoms with E-state index in [0.29, 0.717) is 18.8 Å². The number of ether oxygens (including phenoxy) is 2. The van der Waals surface area contributed by atoms with Crippen LogP contribution in [0.5, 0.6) is 11.5 Å². The van der Waals surface area contributed by atoms with E-state index in [0.717, 1.165) is 25.7 Å². The van der Waals surface area contributed by atoms with Gasteiger partial charge in [-0.2, -0.15) is 8.78 Å². The minimum absolute atomic E-state index is 0.160. The molecule has 1 fully saturated rings. The molecule has 5 heteroatoms. The number of benzene rings is 1. The predicted octanol–water partition coefficient (Wildman–Crippen LogP) is 5.44. The number of rotatable bonds is 7. The van der Waals surface area contributed by atoms with Crippen LogP contribution < -0.4 is 9.47 Å². The summed E-state index contributed by atoms with van der Waals surface area (Å²) >= 11 is 0. The summed E-state index contributed by atoms with van der Waals surface area (Å²) in [7, 11) is 0. The van der Waals surface area contributed by atoms with Gasteiger partial charge in [-0.3, -0.25) is 0 Å². The lowest BCUT2D eigenvalue weighted by molar-refractivity contribution is 0.0296. The highest BCUT2D eigenvalue weighted by Gasteiger charge is 2.36. The van der Waals surface area contributed by atoms with Gasteiger partial charge in [-0.05, 0) is 50.7 Å². The van der Waals surface area contributed by atoms with Gasteiger partial charge in [-0.1, -0.05) is 19.8 Å². The first-order valence-corrected chi connectivity index (χ1v) is 8.41. The second-order valence-corrected chi connectivity index (χ2v) is 6.29. The van der Waals surface area contributed by atoms with Gasteiger partial charge in [0.25, 0.3) is 0 Å². The minimum Gasteiger partial charge on any atom is -0.491 e. The Bertz CT molecular complexity index is 511. The highest BCUT2D eigenvalue weighted by molar-refractivity contribution is 5.35. The van der Waals surface area contributed by atoms with Crippen molar-refractivity contribution >= 4 is 0 Å². The van der Waals surface area contributed by atoms with Crippen LogP contribution >= 0.6 is 0 Å². The molecule has 130 valence electrons. The summed E-state index contributed by atoms with van der Waals surface area (Å²) in [5.41, 5.74) is -1.45. The van der Waals surface area contributed by atoms with E-state index in [-0.39, 0.29) is 24.7 Å². The van der Waals surface area contributed by atoms with Crippen LogP contribution in [0, 0.1) is 17.6 Å². The molecule has 0 aromatic heterocycles. The zero-order valence-electron chi connectivity index (χ0n) is 13.8. The first-order valence-electron chi connectivity index (χ1n) is 8.41. The molecule has 0 heterocycles. The van der Waals surface area contributed by atoms with E-state index >= 15 is 0 Å². The van der Waals surface area contributed by atoms with Crippen molar-refractivity contribution in [2.45, 2.75) is 58.0 Å². The molecule has 0 spiro atoms. The van der Waals surface area contributed by atoms with E-state index in [1.807, 2.05) is 0 Å². The van der Waals surface area contributed by atoms with Gasteiger partial charge in [-0.15, -0.1) is 0 Å². The lowest BCUT2D eigenvalue weighted by Crippen LogP contribution is -2.35. The van der Waals surface area contributed by atoms with Crippen LogP contribution in [0.4, 0.5) is 13.2 Å². The number of hydrogen-bond acceptors (Lipinski definition) is 2. The van der Waals surface area contributed by atoms with Gasteiger partial charge in [0.15, 0.2) is 11.5 Å². The van der Waals surface area contributed by atoms with Gasteiger partial charge in [0.1, 0.15) is 12.3 Å². The van der Waals surface area contributed by atoms with Crippen molar-refractivity contribution in [2.75, 3.05) is 13.2 Å². The van der Waals surface area contributed by atoms with Crippen molar-refractivity contribution in [3.8, 4) is 11.5 Å². The van der Waals surface area contributed by atoms with Gasteiger partial charge >= 0.3 is 0 Å². The van der Waals surface area contributed by atoms with Crippen molar-refractivity contribution in [1.82, 2.24) is 0 Å². The Morgan fingerprint density at radius 1 is 1.04 bits per heavy atom. The molecule has 0 atom stereocenters. The monoisotopic (exact) mass is 330 g/mol. The number of alkyl halides is 1. The normalized spacial score (nSPS) is 24.5. The molecule has 1 aliphatic carbocycles. The zero-order valence-corrected chi connectivity index (χ0v) is 13.8. The predicted molar refractivity (Wildman–Crippen MR) is 83.7 cm³/mol. The average molecular weight is 330 g/mol. The molecule has 0 bridgehead atoms. The maximum Gasteiger partial charge on any atom is 0.204 e. The van der Waals surface area contributed by atoms with Crippen molar-refractivity contribution in [2.24, 2.45) is 5.92 Å². The topological polar surface area (TPSA) is 18.5 Å². The van der Waals surface area contributed by atoms with Crippen molar-refractivity contribution < 1.29 is 22.6 Å². The third kappa shape index (κ3) is 4.55. The molecule has 0 amide bonds. The standard InChI is InChI=1S/C18H25F3O2/c1-3-5-13-8-10-18(21,11-9-13)12-23-15-7-6-14(22-4-2)16(19)17(15)20/h6-7,13H,3-5,8-12H2,1-2H3. The molecule has 1 aliphatic rings.